The fraction of sp³-hybridized carbons (Fsp3) is 0.375. The van der Waals surface area contributed by atoms with Gasteiger partial charge in [-0.25, -0.2) is 0 Å². The molecule has 3 nitrogen and oxygen atoms in total. The molecule has 0 radical (unpaired) electrons. The number of aryl methyl sites for hydroxylation is 1. The number of benzene rings is 1. The number of hydrogen-bond donors (Lipinski definition) is 0. The lowest BCUT2D eigenvalue weighted by molar-refractivity contribution is -0.142. The zero-order valence-corrected chi connectivity index (χ0v) is 11.4. The number of carbonyl (C=O) groups is 2. The van der Waals surface area contributed by atoms with Crippen molar-refractivity contribution >= 4 is 11.8 Å². The van der Waals surface area contributed by atoms with Crippen LogP contribution in [0.5, 0.6) is 0 Å². The van der Waals surface area contributed by atoms with Gasteiger partial charge in [0, 0.05) is 12.2 Å². The van der Waals surface area contributed by atoms with Gasteiger partial charge in [-0.1, -0.05) is 37.6 Å². The molecule has 19 heavy (non-hydrogen) atoms. The van der Waals surface area contributed by atoms with Gasteiger partial charge in [-0.15, -0.1) is 0 Å². The molecule has 98 valence electrons. The number of amides is 2. The summed E-state index contributed by atoms with van der Waals surface area (Å²) in [5.41, 5.74) is 3.46. The second-order valence-electron chi connectivity index (χ2n) is 6.15. The van der Waals surface area contributed by atoms with E-state index in [0.29, 0.717) is 0 Å². The zero-order valence-electron chi connectivity index (χ0n) is 11.4. The van der Waals surface area contributed by atoms with Gasteiger partial charge < -0.3 is 0 Å². The highest BCUT2D eigenvalue weighted by atomic mass is 16.2. The first kappa shape index (κ1) is 12.2. The summed E-state index contributed by atoms with van der Waals surface area (Å²) < 4.78 is 0. The van der Waals surface area contributed by atoms with Gasteiger partial charge in [0.1, 0.15) is 0 Å². The van der Waals surface area contributed by atoms with Crippen molar-refractivity contribution in [2.24, 2.45) is 5.41 Å². The third-order valence-corrected chi connectivity index (χ3v) is 4.08. The fourth-order valence-electron chi connectivity index (χ4n) is 3.32. The molecule has 0 saturated heterocycles. The maximum atomic E-state index is 12.0. The summed E-state index contributed by atoms with van der Waals surface area (Å²) in [5, 5.41) is 0. The van der Waals surface area contributed by atoms with Crippen LogP contribution in [0.2, 0.25) is 0 Å². The third-order valence-electron chi connectivity index (χ3n) is 4.08. The molecule has 0 saturated carbocycles. The van der Waals surface area contributed by atoms with E-state index >= 15 is 0 Å². The van der Waals surface area contributed by atoms with Gasteiger partial charge in [0.15, 0.2) is 0 Å². The largest absolute Gasteiger partial charge is 0.269 e. The summed E-state index contributed by atoms with van der Waals surface area (Å²) in [7, 11) is 0. The highest BCUT2D eigenvalue weighted by Crippen LogP contribution is 2.49. The summed E-state index contributed by atoms with van der Waals surface area (Å²) in [5.74, 6) is -0.395. The second kappa shape index (κ2) is 3.80. The molecular weight excluding hydrogens is 238 g/mol. The average Bonchev–Trinajstić information content (AvgIpc) is 2.75. The maximum absolute atomic E-state index is 12.0. The van der Waals surface area contributed by atoms with Crippen molar-refractivity contribution in [3.63, 3.8) is 0 Å². The van der Waals surface area contributed by atoms with Gasteiger partial charge in [0.05, 0.1) is 6.04 Å². The van der Waals surface area contributed by atoms with E-state index in [4.69, 9.17) is 0 Å². The molecule has 2 amide bonds. The Hall–Kier alpha value is -1.90. The van der Waals surface area contributed by atoms with Crippen LogP contribution in [-0.2, 0) is 16.0 Å². The maximum Gasteiger partial charge on any atom is 0.254 e. The van der Waals surface area contributed by atoms with E-state index in [9.17, 15) is 9.59 Å². The molecule has 1 atom stereocenters. The van der Waals surface area contributed by atoms with Crippen LogP contribution in [0.15, 0.2) is 30.4 Å². The molecule has 1 aromatic rings. The van der Waals surface area contributed by atoms with Crippen molar-refractivity contribution in [1.29, 1.82) is 0 Å². The third kappa shape index (κ3) is 1.72. The summed E-state index contributed by atoms with van der Waals surface area (Å²) in [6.07, 6.45) is 3.63. The molecule has 3 rings (SSSR count). The van der Waals surface area contributed by atoms with Crippen molar-refractivity contribution in [2.75, 3.05) is 0 Å². The molecule has 0 unspecified atom stereocenters. The molecule has 0 bridgehead atoms. The first-order valence-electron chi connectivity index (χ1n) is 6.55. The zero-order chi connectivity index (χ0) is 13.8. The van der Waals surface area contributed by atoms with Crippen molar-refractivity contribution in [2.45, 2.75) is 33.2 Å². The average molecular weight is 255 g/mol. The minimum Gasteiger partial charge on any atom is -0.269 e. The van der Waals surface area contributed by atoms with E-state index in [1.807, 2.05) is 6.07 Å². The molecule has 1 aliphatic heterocycles. The molecule has 3 heteroatoms. The number of rotatable bonds is 1. The molecule has 0 aromatic heterocycles. The Kier molecular flexibility index (Phi) is 2.43. The van der Waals surface area contributed by atoms with Crippen LogP contribution in [0.3, 0.4) is 0 Å². The van der Waals surface area contributed by atoms with Crippen LogP contribution in [0, 0.1) is 12.3 Å². The molecule has 1 aliphatic carbocycles. The van der Waals surface area contributed by atoms with Crippen LogP contribution in [0.25, 0.3) is 0 Å². The molecule has 1 aromatic carbocycles. The lowest BCUT2D eigenvalue weighted by atomic mass is 9.84. The molecule has 1 heterocycles. The Bertz CT molecular complexity index is 595. The number of carbonyl (C=O) groups excluding carboxylic acids is 2. The van der Waals surface area contributed by atoms with Gasteiger partial charge >= 0.3 is 0 Å². The lowest BCUT2D eigenvalue weighted by Gasteiger charge is -2.34. The number of hydrogen-bond acceptors (Lipinski definition) is 2. The Balaban J connectivity index is 2.11. The first-order valence-corrected chi connectivity index (χ1v) is 6.55. The topological polar surface area (TPSA) is 37.4 Å². The van der Waals surface area contributed by atoms with Gasteiger partial charge in [0.2, 0.25) is 0 Å². The fourth-order valence-corrected chi connectivity index (χ4v) is 3.32. The smallest absolute Gasteiger partial charge is 0.254 e. The Morgan fingerprint density at radius 1 is 1.16 bits per heavy atom. The van der Waals surface area contributed by atoms with Crippen LogP contribution >= 0.6 is 0 Å². The van der Waals surface area contributed by atoms with Gasteiger partial charge in [-0.05, 0) is 29.9 Å². The minimum atomic E-state index is -0.198. The predicted octanol–water partition coefficient (Wildman–Crippen LogP) is 2.54. The van der Waals surface area contributed by atoms with Crippen molar-refractivity contribution in [3.8, 4) is 0 Å². The van der Waals surface area contributed by atoms with Crippen molar-refractivity contribution in [3.05, 3.63) is 47.0 Å². The first-order chi connectivity index (χ1) is 8.90. The van der Waals surface area contributed by atoms with Crippen LogP contribution in [0.1, 0.15) is 36.6 Å². The minimum absolute atomic E-state index is 0.118. The summed E-state index contributed by atoms with van der Waals surface area (Å²) in [6, 6.07) is 6.11. The number of nitrogens with zero attached hydrogens (tertiary/aromatic N) is 1. The number of fused-ring (bicyclic) bond motifs is 1. The molecule has 0 spiro atoms. The SMILES string of the molecule is Cc1ccc2c(c1)CC(C)(C)[C@@H]2N1C(=O)C=CC1=O. The molecule has 2 aliphatic rings. The monoisotopic (exact) mass is 255 g/mol. The van der Waals surface area contributed by atoms with Gasteiger partial charge in [-0.2, -0.15) is 0 Å². The summed E-state index contributed by atoms with van der Waals surface area (Å²) in [4.78, 5) is 25.3. The highest BCUT2D eigenvalue weighted by Gasteiger charge is 2.46. The quantitative estimate of drug-likeness (QED) is 0.723. The summed E-state index contributed by atoms with van der Waals surface area (Å²) >= 11 is 0. The van der Waals surface area contributed by atoms with E-state index in [0.717, 1.165) is 12.0 Å². The van der Waals surface area contributed by atoms with E-state index in [1.165, 1.54) is 28.2 Å². The van der Waals surface area contributed by atoms with Crippen molar-refractivity contribution in [1.82, 2.24) is 4.90 Å². The Morgan fingerprint density at radius 3 is 2.42 bits per heavy atom. The highest BCUT2D eigenvalue weighted by molar-refractivity contribution is 6.13. The van der Waals surface area contributed by atoms with Crippen LogP contribution in [-0.4, -0.2) is 16.7 Å². The Morgan fingerprint density at radius 2 is 1.79 bits per heavy atom. The summed E-state index contributed by atoms with van der Waals surface area (Å²) in [6.45, 7) is 6.30. The number of imide groups is 1. The normalized spacial score (nSPS) is 24.2. The molecular formula is C16H17NO2. The second-order valence-corrected chi connectivity index (χ2v) is 6.15. The van der Waals surface area contributed by atoms with Crippen LogP contribution in [0.4, 0.5) is 0 Å². The predicted molar refractivity (Wildman–Crippen MR) is 72.4 cm³/mol. The van der Waals surface area contributed by atoms with Crippen molar-refractivity contribution < 1.29 is 9.59 Å². The van der Waals surface area contributed by atoms with Crippen LogP contribution < -0.4 is 0 Å². The van der Waals surface area contributed by atoms with E-state index < -0.39 is 0 Å². The standard InChI is InChI=1S/C16H17NO2/c1-10-4-5-12-11(8-10)9-16(2,3)15(12)17-13(18)6-7-14(17)19/h4-8,15H,9H2,1-3H3/t15-/m1/s1. The van der Waals surface area contributed by atoms with Gasteiger partial charge in [-0.3, -0.25) is 14.5 Å². The lowest BCUT2D eigenvalue weighted by Crippen LogP contribution is -2.39. The Labute approximate surface area is 112 Å². The van der Waals surface area contributed by atoms with Gasteiger partial charge in [0.25, 0.3) is 11.8 Å². The van der Waals surface area contributed by atoms with E-state index in [-0.39, 0.29) is 23.3 Å². The molecule has 0 fully saturated rings. The van der Waals surface area contributed by atoms with E-state index in [1.54, 1.807) is 0 Å². The molecule has 0 N–H and O–H groups in total. The van der Waals surface area contributed by atoms with E-state index in [2.05, 4.69) is 32.9 Å².